The van der Waals surface area contributed by atoms with Crippen LogP contribution in [0.5, 0.6) is 5.75 Å². The highest BCUT2D eigenvalue weighted by Gasteiger charge is 2.31. The predicted octanol–water partition coefficient (Wildman–Crippen LogP) is 4.59. The lowest BCUT2D eigenvalue weighted by atomic mass is 9.75. The molecule has 5 nitrogen and oxygen atoms in total. The van der Waals surface area contributed by atoms with Crippen LogP contribution < -0.4 is 10.2 Å². The van der Waals surface area contributed by atoms with Crippen LogP contribution in [0, 0.1) is 5.92 Å². The van der Waals surface area contributed by atoms with Crippen molar-refractivity contribution in [1.29, 1.82) is 0 Å². The van der Waals surface area contributed by atoms with E-state index in [0.717, 1.165) is 53.5 Å². The summed E-state index contributed by atoms with van der Waals surface area (Å²) in [6, 6.07) is 18.1. The molecule has 0 radical (unpaired) electrons. The van der Waals surface area contributed by atoms with E-state index < -0.39 is 0 Å². The fourth-order valence-corrected chi connectivity index (χ4v) is 4.15. The summed E-state index contributed by atoms with van der Waals surface area (Å²) in [6.07, 6.45) is 5.70. The van der Waals surface area contributed by atoms with Gasteiger partial charge >= 0.3 is 0 Å². The highest BCUT2D eigenvalue weighted by molar-refractivity contribution is 5.84. The Labute approximate surface area is 164 Å². The van der Waals surface area contributed by atoms with E-state index in [1.54, 1.807) is 6.20 Å². The molecule has 1 saturated carbocycles. The first-order valence-corrected chi connectivity index (χ1v) is 9.75. The smallest absolute Gasteiger partial charge is 0.247 e. The number of nitrogens with zero attached hydrogens (tertiary/aromatic N) is 1. The summed E-state index contributed by atoms with van der Waals surface area (Å²) in [5, 5.41) is 10.0. The van der Waals surface area contributed by atoms with E-state index in [1.807, 2.05) is 35.8 Å². The Balaban J connectivity index is 1.46. The summed E-state index contributed by atoms with van der Waals surface area (Å²) in [4.78, 5) is 16.4. The molecule has 2 unspecified atom stereocenters. The summed E-state index contributed by atoms with van der Waals surface area (Å²) >= 11 is 0. The zero-order valence-electron chi connectivity index (χ0n) is 15.7. The van der Waals surface area contributed by atoms with Crippen molar-refractivity contribution in [2.75, 3.05) is 0 Å². The molecule has 0 bridgehead atoms. The first-order chi connectivity index (χ1) is 13.8. The number of hydroxylamine groups is 1. The van der Waals surface area contributed by atoms with E-state index in [0.29, 0.717) is 6.61 Å². The van der Waals surface area contributed by atoms with E-state index in [4.69, 9.17) is 9.94 Å². The molecular formula is C23H24N2O3. The van der Waals surface area contributed by atoms with Crippen molar-refractivity contribution < 1.29 is 14.7 Å². The summed E-state index contributed by atoms with van der Waals surface area (Å²) in [5.74, 6) is 0.535. The highest BCUT2D eigenvalue weighted by atomic mass is 16.5. The van der Waals surface area contributed by atoms with Crippen LogP contribution in [0.4, 0.5) is 0 Å². The molecule has 1 aliphatic rings. The molecule has 1 heterocycles. The largest absolute Gasteiger partial charge is 0.488 e. The van der Waals surface area contributed by atoms with Crippen LogP contribution in [0.25, 0.3) is 10.9 Å². The average Bonchev–Trinajstić information content (AvgIpc) is 2.77. The van der Waals surface area contributed by atoms with Crippen LogP contribution >= 0.6 is 0 Å². The molecule has 0 saturated heterocycles. The number of hydrogen-bond acceptors (Lipinski definition) is 4. The molecule has 1 aliphatic carbocycles. The van der Waals surface area contributed by atoms with Crippen LogP contribution in [0.2, 0.25) is 0 Å². The molecule has 144 valence electrons. The number of nitrogens with one attached hydrogen (secondary N) is 1. The minimum Gasteiger partial charge on any atom is -0.488 e. The second-order valence-electron chi connectivity index (χ2n) is 7.33. The van der Waals surface area contributed by atoms with Gasteiger partial charge in [0.1, 0.15) is 12.4 Å². The van der Waals surface area contributed by atoms with Crippen molar-refractivity contribution >= 4 is 16.8 Å². The Morgan fingerprint density at radius 3 is 2.71 bits per heavy atom. The van der Waals surface area contributed by atoms with Crippen molar-refractivity contribution in [3.8, 4) is 5.75 Å². The lowest BCUT2D eigenvalue weighted by Gasteiger charge is -2.30. The SMILES string of the molecule is O=C(NO)C1CCCCC1c1ccc(COc2cccc3ncccc23)cc1. The van der Waals surface area contributed by atoms with E-state index in [1.165, 1.54) is 0 Å². The Morgan fingerprint density at radius 1 is 1.07 bits per heavy atom. The van der Waals surface area contributed by atoms with Gasteiger partial charge in [0.25, 0.3) is 0 Å². The highest BCUT2D eigenvalue weighted by Crippen LogP contribution is 2.38. The minimum absolute atomic E-state index is 0.153. The van der Waals surface area contributed by atoms with E-state index in [2.05, 4.69) is 29.2 Å². The second-order valence-corrected chi connectivity index (χ2v) is 7.33. The number of ether oxygens (including phenoxy) is 1. The molecular weight excluding hydrogens is 352 g/mol. The Morgan fingerprint density at radius 2 is 1.89 bits per heavy atom. The Bertz CT molecular complexity index is 950. The van der Waals surface area contributed by atoms with Gasteiger partial charge in [0.15, 0.2) is 0 Å². The van der Waals surface area contributed by atoms with Crippen molar-refractivity contribution in [3.63, 3.8) is 0 Å². The van der Waals surface area contributed by atoms with Gasteiger partial charge in [-0.1, -0.05) is 43.2 Å². The van der Waals surface area contributed by atoms with Crippen molar-refractivity contribution in [3.05, 3.63) is 71.9 Å². The summed E-state index contributed by atoms with van der Waals surface area (Å²) in [5.41, 5.74) is 4.97. The van der Waals surface area contributed by atoms with Crippen LogP contribution in [-0.2, 0) is 11.4 Å². The lowest BCUT2D eigenvalue weighted by Crippen LogP contribution is -2.34. The molecule has 0 spiro atoms. The standard InChI is InChI=1S/C23H24N2O3/c26-23(25-27)19-6-2-1-5-18(19)17-12-10-16(11-13-17)15-28-22-9-3-8-21-20(22)7-4-14-24-21/h3-4,7-14,18-19,27H,1-2,5-6,15H2,(H,25,26). The molecule has 0 aliphatic heterocycles. The molecule has 2 N–H and O–H groups in total. The third kappa shape index (κ3) is 3.85. The van der Waals surface area contributed by atoms with Crippen LogP contribution in [0.3, 0.4) is 0 Å². The third-order valence-corrected chi connectivity index (χ3v) is 5.62. The topological polar surface area (TPSA) is 71.5 Å². The molecule has 4 rings (SSSR count). The fraction of sp³-hybridized carbons (Fsp3) is 0.304. The van der Waals surface area contributed by atoms with Gasteiger partial charge in [-0.05, 0) is 54.2 Å². The monoisotopic (exact) mass is 376 g/mol. The fourth-order valence-electron chi connectivity index (χ4n) is 4.15. The third-order valence-electron chi connectivity index (χ3n) is 5.62. The number of aromatic nitrogens is 1. The molecule has 3 aromatic rings. The normalized spacial score (nSPS) is 19.3. The maximum atomic E-state index is 12.0. The van der Waals surface area contributed by atoms with Crippen molar-refractivity contribution in [2.45, 2.75) is 38.2 Å². The first-order valence-electron chi connectivity index (χ1n) is 9.75. The van der Waals surface area contributed by atoms with Gasteiger partial charge in [-0.3, -0.25) is 15.0 Å². The number of rotatable bonds is 5. The zero-order valence-corrected chi connectivity index (χ0v) is 15.7. The molecule has 5 heteroatoms. The number of benzene rings is 2. The molecule has 1 aromatic heterocycles. The summed E-state index contributed by atoms with van der Waals surface area (Å²) in [7, 11) is 0. The number of pyridine rings is 1. The van der Waals surface area contributed by atoms with Gasteiger partial charge in [-0.15, -0.1) is 0 Å². The second kappa shape index (κ2) is 8.40. The van der Waals surface area contributed by atoms with Gasteiger partial charge < -0.3 is 4.74 Å². The molecule has 1 amide bonds. The van der Waals surface area contributed by atoms with Gasteiger partial charge in [-0.25, -0.2) is 5.48 Å². The molecule has 2 atom stereocenters. The first kappa shape index (κ1) is 18.4. The maximum absolute atomic E-state index is 12.0. The average molecular weight is 376 g/mol. The molecule has 28 heavy (non-hydrogen) atoms. The lowest BCUT2D eigenvalue weighted by molar-refractivity contribution is -0.135. The van der Waals surface area contributed by atoms with Crippen molar-refractivity contribution in [1.82, 2.24) is 10.5 Å². The zero-order chi connectivity index (χ0) is 19.3. The minimum atomic E-state index is -0.276. The van der Waals surface area contributed by atoms with E-state index in [-0.39, 0.29) is 17.7 Å². The van der Waals surface area contributed by atoms with E-state index >= 15 is 0 Å². The Kier molecular flexibility index (Phi) is 5.53. The number of carbonyl (C=O) groups is 1. The van der Waals surface area contributed by atoms with Gasteiger partial charge in [0, 0.05) is 17.5 Å². The number of fused-ring (bicyclic) bond motifs is 1. The van der Waals surface area contributed by atoms with Crippen LogP contribution in [0.1, 0.15) is 42.7 Å². The van der Waals surface area contributed by atoms with Gasteiger partial charge in [0.2, 0.25) is 5.91 Å². The van der Waals surface area contributed by atoms with E-state index in [9.17, 15) is 4.79 Å². The number of amides is 1. The molecule has 2 aromatic carbocycles. The van der Waals surface area contributed by atoms with Crippen molar-refractivity contribution in [2.24, 2.45) is 5.92 Å². The number of carbonyl (C=O) groups excluding carboxylic acids is 1. The van der Waals surface area contributed by atoms with Gasteiger partial charge in [0.05, 0.1) is 5.52 Å². The predicted molar refractivity (Wildman–Crippen MR) is 107 cm³/mol. The Hall–Kier alpha value is -2.92. The maximum Gasteiger partial charge on any atom is 0.247 e. The quantitative estimate of drug-likeness (QED) is 0.504. The summed E-state index contributed by atoms with van der Waals surface area (Å²) < 4.78 is 6.03. The van der Waals surface area contributed by atoms with Crippen LogP contribution in [0.15, 0.2) is 60.8 Å². The van der Waals surface area contributed by atoms with Gasteiger partial charge in [-0.2, -0.15) is 0 Å². The molecule has 1 fully saturated rings. The number of hydrogen-bond donors (Lipinski definition) is 2. The summed E-state index contributed by atoms with van der Waals surface area (Å²) in [6.45, 7) is 0.472. The van der Waals surface area contributed by atoms with Crippen LogP contribution in [-0.4, -0.2) is 16.1 Å².